The van der Waals surface area contributed by atoms with E-state index in [9.17, 15) is 4.79 Å². The standard InChI is InChI=1S/C20H22N6O2/c1-14-9-28-17-7-15(8-22)4-5-16(17)26(14)19(27)25-12-20(13-25)10-24(11-20)18(23)3-2-6-21/h2-7,14,21,23H,9-13H2,1H3/b3-2-,21-6?,23-18?. The van der Waals surface area contributed by atoms with Crippen molar-refractivity contribution in [2.24, 2.45) is 5.41 Å². The maximum absolute atomic E-state index is 13.1. The van der Waals surface area contributed by atoms with E-state index >= 15 is 0 Å². The molecular formula is C20H22N6O2. The molecule has 1 unspecified atom stereocenters. The Morgan fingerprint density at radius 2 is 2.04 bits per heavy atom. The number of allylic oxidation sites excluding steroid dienone is 1. The van der Waals surface area contributed by atoms with Gasteiger partial charge in [-0.2, -0.15) is 5.26 Å². The van der Waals surface area contributed by atoms with Gasteiger partial charge in [0.05, 0.1) is 23.4 Å². The zero-order chi connectivity index (χ0) is 19.9. The number of carbonyl (C=O) groups is 1. The summed E-state index contributed by atoms with van der Waals surface area (Å²) >= 11 is 0. The van der Waals surface area contributed by atoms with Crippen LogP contribution in [0.15, 0.2) is 30.4 Å². The zero-order valence-electron chi connectivity index (χ0n) is 15.7. The molecule has 2 amide bonds. The van der Waals surface area contributed by atoms with Crippen LogP contribution >= 0.6 is 0 Å². The van der Waals surface area contributed by atoms with Crippen LogP contribution in [0.4, 0.5) is 10.5 Å². The Labute approximate surface area is 163 Å². The Morgan fingerprint density at radius 1 is 1.32 bits per heavy atom. The maximum Gasteiger partial charge on any atom is 0.325 e. The van der Waals surface area contributed by atoms with Crippen molar-refractivity contribution < 1.29 is 9.53 Å². The van der Waals surface area contributed by atoms with Crippen molar-refractivity contribution in [2.75, 3.05) is 37.7 Å². The van der Waals surface area contributed by atoms with Crippen molar-refractivity contribution in [3.63, 3.8) is 0 Å². The number of likely N-dealkylation sites (tertiary alicyclic amines) is 2. The molecule has 2 N–H and O–H groups in total. The number of urea groups is 1. The molecular weight excluding hydrogens is 356 g/mol. The number of amides is 2. The summed E-state index contributed by atoms with van der Waals surface area (Å²) in [6, 6.07) is 7.13. The lowest BCUT2D eigenvalue weighted by Crippen LogP contribution is -2.74. The van der Waals surface area contributed by atoms with E-state index in [1.165, 1.54) is 0 Å². The van der Waals surface area contributed by atoms with Gasteiger partial charge < -0.3 is 19.9 Å². The largest absolute Gasteiger partial charge is 0.489 e. The summed E-state index contributed by atoms with van der Waals surface area (Å²) in [6.07, 6.45) is 4.32. The second kappa shape index (κ2) is 6.68. The minimum Gasteiger partial charge on any atom is -0.489 e. The van der Waals surface area contributed by atoms with E-state index in [0.717, 1.165) is 19.3 Å². The summed E-state index contributed by atoms with van der Waals surface area (Å²) in [5, 5.41) is 24.0. The van der Waals surface area contributed by atoms with Gasteiger partial charge in [-0.25, -0.2) is 4.79 Å². The molecule has 1 aromatic rings. The number of hydrogen-bond donors (Lipinski definition) is 2. The molecule has 2 fully saturated rings. The Bertz CT molecular complexity index is 904. The molecule has 4 rings (SSSR count). The molecule has 3 heterocycles. The number of nitrogens with one attached hydrogen (secondary N) is 2. The third kappa shape index (κ3) is 2.89. The zero-order valence-corrected chi connectivity index (χ0v) is 15.7. The van der Waals surface area contributed by atoms with Crippen LogP contribution in [0.3, 0.4) is 0 Å². The summed E-state index contributed by atoms with van der Waals surface area (Å²) in [5.74, 6) is 0.977. The number of anilines is 1. The first-order chi connectivity index (χ1) is 13.5. The molecule has 0 saturated carbocycles. The molecule has 2 saturated heterocycles. The number of rotatable bonds is 2. The molecule has 3 aliphatic heterocycles. The number of amidine groups is 1. The van der Waals surface area contributed by atoms with Crippen LogP contribution in [0.2, 0.25) is 0 Å². The lowest BCUT2D eigenvalue weighted by Gasteiger charge is -2.61. The van der Waals surface area contributed by atoms with Crippen LogP contribution in [0.5, 0.6) is 5.75 Å². The first kappa shape index (κ1) is 18.0. The van der Waals surface area contributed by atoms with Gasteiger partial charge in [0.15, 0.2) is 0 Å². The third-order valence-corrected chi connectivity index (χ3v) is 5.54. The first-order valence-electron chi connectivity index (χ1n) is 9.22. The molecule has 0 aromatic heterocycles. The van der Waals surface area contributed by atoms with E-state index in [4.69, 9.17) is 20.8 Å². The fourth-order valence-electron chi connectivity index (χ4n) is 4.14. The van der Waals surface area contributed by atoms with Gasteiger partial charge in [-0.15, -0.1) is 0 Å². The van der Waals surface area contributed by atoms with Gasteiger partial charge in [-0.1, -0.05) is 0 Å². The molecule has 1 atom stereocenters. The summed E-state index contributed by atoms with van der Waals surface area (Å²) in [5.41, 5.74) is 1.29. The summed E-state index contributed by atoms with van der Waals surface area (Å²) in [4.78, 5) is 18.7. The van der Waals surface area contributed by atoms with Crippen LogP contribution < -0.4 is 9.64 Å². The highest BCUT2D eigenvalue weighted by atomic mass is 16.5. The number of nitriles is 1. The molecule has 8 nitrogen and oxygen atoms in total. The van der Waals surface area contributed by atoms with E-state index < -0.39 is 0 Å². The minimum absolute atomic E-state index is 0.0374. The van der Waals surface area contributed by atoms with E-state index in [1.807, 2.05) is 16.7 Å². The van der Waals surface area contributed by atoms with Crippen molar-refractivity contribution in [3.05, 3.63) is 35.9 Å². The molecule has 0 radical (unpaired) electrons. The van der Waals surface area contributed by atoms with Crippen LogP contribution in [-0.2, 0) is 0 Å². The number of benzene rings is 1. The number of hydrogen-bond acceptors (Lipinski definition) is 5. The van der Waals surface area contributed by atoms with Crippen molar-refractivity contribution >= 4 is 23.8 Å². The van der Waals surface area contributed by atoms with Gasteiger partial charge in [0.2, 0.25) is 0 Å². The van der Waals surface area contributed by atoms with E-state index in [0.29, 0.717) is 42.5 Å². The average molecular weight is 378 g/mol. The Hall–Kier alpha value is -3.34. The molecule has 28 heavy (non-hydrogen) atoms. The topological polar surface area (TPSA) is 108 Å². The summed E-state index contributed by atoms with van der Waals surface area (Å²) in [7, 11) is 0. The Kier molecular flexibility index (Phi) is 4.30. The highest BCUT2D eigenvalue weighted by Gasteiger charge is 2.54. The van der Waals surface area contributed by atoms with Crippen molar-refractivity contribution in [2.45, 2.75) is 13.0 Å². The molecule has 3 aliphatic rings. The summed E-state index contributed by atoms with van der Waals surface area (Å²) < 4.78 is 5.72. The molecule has 0 bridgehead atoms. The average Bonchev–Trinajstić information content (AvgIpc) is 2.63. The van der Waals surface area contributed by atoms with Crippen LogP contribution in [-0.4, -0.2) is 66.7 Å². The number of fused-ring (bicyclic) bond motifs is 1. The van der Waals surface area contributed by atoms with Gasteiger partial charge in [0.1, 0.15) is 18.2 Å². The fourth-order valence-corrected chi connectivity index (χ4v) is 4.14. The minimum atomic E-state index is -0.0817. The summed E-state index contributed by atoms with van der Waals surface area (Å²) in [6.45, 7) is 5.24. The fraction of sp³-hybridized carbons (Fsp3) is 0.400. The third-order valence-electron chi connectivity index (χ3n) is 5.54. The van der Waals surface area contributed by atoms with Crippen LogP contribution in [0, 0.1) is 27.6 Å². The number of ether oxygens (including phenoxy) is 1. The van der Waals surface area contributed by atoms with Crippen molar-refractivity contribution in [1.82, 2.24) is 9.80 Å². The molecule has 8 heteroatoms. The second-order valence-electron chi connectivity index (χ2n) is 7.73. The van der Waals surface area contributed by atoms with Crippen LogP contribution in [0.25, 0.3) is 0 Å². The van der Waals surface area contributed by atoms with E-state index in [2.05, 4.69) is 6.07 Å². The highest BCUT2D eigenvalue weighted by molar-refractivity contribution is 5.96. The van der Waals surface area contributed by atoms with Gasteiger partial charge in [-0.05, 0) is 31.2 Å². The van der Waals surface area contributed by atoms with E-state index in [1.54, 1.807) is 35.3 Å². The SMILES string of the molecule is CC1COc2cc(C#N)ccc2N1C(=O)N1CC2(CN(C(=N)/C=C\C=N)C2)C1. The lowest BCUT2D eigenvalue weighted by molar-refractivity contribution is -0.0623. The monoisotopic (exact) mass is 378 g/mol. The Balaban J connectivity index is 1.41. The predicted octanol–water partition coefficient (Wildman–Crippen LogP) is 2.07. The quantitative estimate of drug-likeness (QED) is 0.607. The normalized spacial score (nSPS) is 22.0. The Morgan fingerprint density at radius 3 is 2.71 bits per heavy atom. The molecule has 1 aromatic carbocycles. The maximum atomic E-state index is 13.1. The molecule has 144 valence electrons. The number of carbonyl (C=O) groups excluding carboxylic acids is 1. The van der Waals surface area contributed by atoms with Gasteiger partial charge >= 0.3 is 6.03 Å². The second-order valence-corrected chi connectivity index (χ2v) is 7.73. The molecule has 1 spiro atoms. The lowest BCUT2D eigenvalue weighted by atomic mass is 9.73. The highest BCUT2D eigenvalue weighted by Crippen LogP contribution is 2.42. The number of nitrogens with zero attached hydrogens (tertiary/aromatic N) is 4. The molecule has 0 aliphatic carbocycles. The predicted molar refractivity (Wildman–Crippen MR) is 105 cm³/mol. The van der Waals surface area contributed by atoms with Gasteiger partial charge in [0.25, 0.3) is 0 Å². The first-order valence-corrected chi connectivity index (χ1v) is 9.22. The van der Waals surface area contributed by atoms with Gasteiger partial charge in [-0.3, -0.25) is 10.3 Å². The van der Waals surface area contributed by atoms with Crippen molar-refractivity contribution in [1.29, 1.82) is 16.1 Å². The smallest absolute Gasteiger partial charge is 0.325 e. The van der Waals surface area contributed by atoms with Gasteiger partial charge in [0, 0.05) is 43.9 Å². The van der Waals surface area contributed by atoms with Crippen LogP contribution in [0.1, 0.15) is 12.5 Å². The van der Waals surface area contributed by atoms with Crippen molar-refractivity contribution in [3.8, 4) is 11.8 Å². The van der Waals surface area contributed by atoms with E-state index in [-0.39, 0.29) is 17.5 Å².